The number of hydrogen-bond donors (Lipinski definition) is 1. The van der Waals surface area contributed by atoms with Crippen molar-refractivity contribution in [2.24, 2.45) is 0 Å². The van der Waals surface area contributed by atoms with Crippen LogP contribution in [0.15, 0.2) is 28.7 Å². The Kier molecular flexibility index (Phi) is 4.84. The summed E-state index contributed by atoms with van der Waals surface area (Å²) in [6, 6.07) is 8.28. The van der Waals surface area contributed by atoms with Crippen molar-refractivity contribution >= 4 is 27.7 Å². The van der Waals surface area contributed by atoms with Crippen LogP contribution in [0, 0.1) is 0 Å². The van der Waals surface area contributed by atoms with Gasteiger partial charge in [-0.25, -0.2) is 0 Å². The van der Waals surface area contributed by atoms with Gasteiger partial charge in [-0.1, -0.05) is 35.0 Å². The molecule has 1 unspecified atom stereocenters. The number of benzene rings is 1. The molecular weight excluding hydrogens is 248 g/mol. The van der Waals surface area contributed by atoms with Crippen LogP contribution < -0.4 is 0 Å². The SMILES string of the molecule is CC(CO)SCc1ccc(Br)cc1. The molecule has 0 saturated carbocycles. The van der Waals surface area contributed by atoms with E-state index >= 15 is 0 Å². The van der Waals surface area contributed by atoms with Gasteiger partial charge in [-0.3, -0.25) is 0 Å². The highest BCUT2D eigenvalue weighted by Crippen LogP contribution is 2.18. The largest absolute Gasteiger partial charge is 0.395 e. The number of aliphatic hydroxyl groups excluding tert-OH is 1. The molecule has 0 aromatic heterocycles. The van der Waals surface area contributed by atoms with E-state index in [4.69, 9.17) is 5.11 Å². The molecule has 1 aromatic carbocycles. The lowest BCUT2D eigenvalue weighted by molar-refractivity contribution is 0.300. The fraction of sp³-hybridized carbons (Fsp3) is 0.400. The highest BCUT2D eigenvalue weighted by atomic mass is 79.9. The fourth-order valence-corrected chi connectivity index (χ4v) is 1.91. The average molecular weight is 261 g/mol. The lowest BCUT2D eigenvalue weighted by atomic mass is 10.2. The molecule has 1 rings (SSSR count). The van der Waals surface area contributed by atoms with Gasteiger partial charge in [0.05, 0.1) is 6.61 Å². The highest BCUT2D eigenvalue weighted by Gasteiger charge is 2.00. The van der Waals surface area contributed by atoms with Crippen molar-refractivity contribution in [3.8, 4) is 0 Å². The van der Waals surface area contributed by atoms with Gasteiger partial charge in [0.2, 0.25) is 0 Å². The van der Waals surface area contributed by atoms with Crippen molar-refractivity contribution in [1.29, 1.82) is 0 Å². The van der Waals surface area contributed by atoms with Crippen molar-refractivity contribution in [3.63, 3.8) is 0 Å². The summed E-state index contributed by atoms with van der Waals surface area (Å²) in [6.07, 6.45) is 0. The van der Waals surface area contributed by atoms with Crippen LogP contribution in [0.3, 0.4) is 0 Å². The minimum atomic E-state index is 0.251. The molecule has 72 valence electrons. The molecule has 1 N–H and O–H groups in total. The van der Waals surface area contributed by atoms with E-state index in [0.717, 1.165) is 10.2 Å². The third kappa shape index (κ3) is 4.16. The van der Waals surface area contributed by atoms with E-state index in [-0.39, 0.29) is 6.61 Å². The third-order valence-corrected chi connectivity index (χ3v) is 3.45. The molecule has 0 aliphatic heterocycles. The molecule has 0 fully saturated rings. The van der Waals surface area contributed by atoms with Crippen LogP contribution in [0.5, 0.6) is 0 Å². The molecule has 1 nitrogen and oxygen atoms in total. The summed E-state index contributed by atoms with van der Waals surface area (Å²) in [4.78, 5) is 0. The first kappa shape index (κ1) is 11.1. The van der Waals surface area contributed by atoms with Gasteiger partial charge in [0.15, 0.2) is 0 Å². The lowest BCUT2D eigenvalue weighted by Crippen LogP contribution is -2.02. The predicted octanol–water partition coefficient (Wildman–Crippen LogP) is 3.06. The van der Waals surface area contributed by atoms with Crippen LogP contribution in [0.2, 0.25) is 0 Å². The second-order valence-electron chi connectivity index (χ2n) is 2.93. The van der Waals surface area contributed by atoms with Gasteiger partial charge in [-0.2, -0.15) is 11.8 Å². The Labute approximate surface area is 91.7 Å². The van der Waals surface area contributed by atoms with E-state index in [2.05, 4.69) is 28.1 Å². The topological polar surface area (TPSA) is 20.2 Å². The first-order valence-electron chi connectivity index (χ1n) is 4.19. The van der Waals surface area contributed by atoms with Gasteiger partial charge in [-0.05, 0) is 17.7 Å². The zero-order valence-corrected chi connectivity index (χ0v) is 9.94. The molecule has 0 radical (unpaired) electrons. The van der Waals surface area contributed by atoms with Crippen molar-refractivity contribution in [2.75, 3.05) is 6.61 Å². The van der Waals surface area contributed by atoms with Crippen LogP contribution in [-0.4, -0.2) is 17.0 Å². The third-order valence-electron chi connectivity index (χ3n) is 1.70. The van der Waals surface area contributed by atoms with Crippen LogP contribution in [0.1, 0.15) is 12.5 Å². The average Bonchev–Trinajstić information content (AvgIpc) is 2.16. The minimum Gasteiger partial charge on any atom is -0.395 e. The van der Waals surface area contributed by atoms with Crippen molar-refractivity contribution in [3.05, 3.63) is 34.3 Å². The number of aliphatic hydroxyl groups is 1. The maximum absolute atomic E-state index is 8.83. The van der Waals surface area contributed by atoms with Crippen LogP contribution in [0.25, 0.3) is 0 Å². The molecular formula is C10H13BrOS. The summed E-state index contributed by atoms with van der Waals surface area (Å²) in [5.74, 6) is 0.967. The maximum Gasteiger partial charge on any atom is 0.0547 e. The van der Waals surface area contributed by atoms with Gasteiger partial charge in [-0.15, -0.1) is 0 Å². The van der Waals surface area contributed by atoms with Crippen molar-refractivity contribution < 1.29 is 5.11 Å². The number of thioether (sulfide) groups is 1. The standard InChI is InChI=1S/C10H13BrOS/c1-8(6-12)13-7-9-2-4-10(11)5-3-9/h2-5,8,12H,6-7H2,1H3. The lowest BCUT2D eigenvalue weighted by Gasteiger charge is -2.06. The normalized spacial score (nSPS) is 12.8. The number of rotatable bonds is 4. The molecule has 0 saturated heterocycles. The Balaban J connectivity index is 2.41. The summed E-state index contributed by atoms with van der Waals surface area (Å²) < 4.78 is 1.11. The quantitative estimate of drug-likeness (QED) is 0.898. The fourth-order valence-electron chi connectivity index (χ4n) is 0.872. The van der Waals surface area contributed by atoms with Crippen LogP contribution in [-0.2, 0) is 5.75 Å². The number of halogens is 1. The van der Waals surface area contributed by atoms with E-state index in [1.54, 1.807) is 11.8 Å². The molecule has 0 aliphatic rings. The summed E-state index contributed by atoms with van der Waals surface area (Å²) in [5.41, 5.74) is 1.30. The second kappa shape index (κ2) is 5.68. The molecule has 0 amide bonds. The summed E-state index contributed by atoms with van der Waals surface area (Å²) in [6.45, 7) is 2.28. The van der Waals surface area contributed by atoms with Crippen LogP contribution in [0.4, 0.5) is 0 Å². The molecule has 0 spiro atoms. The molecule has 13 heavy (non-hydrogen) atoms. The van der Waals surface area contributed by atoms with Crippen LogP contribution >= 0.6 is 27.7 Å². The van der Waals surface area contributed by atoms with E-state index in [1.807, 2.05) is 19.1 Å². The Hall–Kier alpha value is 0.01000. The van der Waals surface area contributed by atoms with Gasteiger partial charge in [0.25, 0.3) is 0 Å². The summed E-state index contributed by atoms with van der Waals surface area (Å²) in [7, 11) is 0. The van der Waals surface area contributed by atoms with Crippen molar-refractivity contribution in [1.82, 2.24) is 0 Å². The number of hydrogen-bond acceptors (Lipinski definition) is 2. The first-order valence-corrected chi connectivity index (χ1v) is 6.03. The van der Waals surface area contributed by atoms with E-state index in [1.165, 1.54) is 5.56 Å². The van der Waals surface area contributed by atoms with Crippen molar-refractivity contribution in [2.45, 2.75) is 17.9 Å². The van der Waals surface area contributed by atoms with Gasteiger partial charge in [0.1, 0.15) is 0 Å². The monoisotopic (exact) mass is 260 g/mol. The summed E-state index contributed by atoms with van der Waals surface area (Å²) >= 11 is 5.16. The second-order valence-corrected chi connectivity index (χ2v) is 5.27. The molecule has 0 aliphatic carbocycles. The zero-order chi connectivity index (χ0) is 9.68. The van der Waals surface area contributed by atoms with Gasteiger partial charge >= 0.3 is 0 Å². The first-order chi connectivity index (χ1) is 6.22. The summed E-state index contributed by atoms with van der Waals surface area (Å²) in [5, 5.41) is 9.15. The van der Waals surface area contributed by atoms with E-state index in [0.29, 0.717) is 5.25 Å². The Morgan fingerprint density at radius 2 is 2.00 bits per heavy atom. The molecule has 1 aromatic rings. The highest BCUT2D eigenvalue weighted by molar-refractivity contribution is 9.10. The molecule has 3 heteroatoms. The van der Waals surface area contributed by atoms with Gasteiger partial charge in [0, 0.05) is 15.5 Å². The smallest absolute Gasteiger partial charge is 0.0547 e. The predicted molar refractivity (Wildman–Crippen MR) is 62.0 cm³/mol. The van der Waals surface area contributed by atoms with E-state index < -0.39 is 0 Å². The Morgan fingerprint density at radius 1 is 1.38 bits per heavy atom. The molecule has 0 bridgehead atoms. The maximum atomic E-state index is 8.83. The molecule has 0 heterocycles. The Bertz CT molecular complexity index is 248. The Morgan fingerprint density at radius 3 is 2.54 bits per heavy atom. The zero-order valence-electron chi connectivity index (χ0n) is 7.53. The van der Waals surface area contributed by atoms with Gasteiger partial charge < -0.3 is 5.11 Å². The minimum absolute atomic E-state index is 0.251. The van der Waals surface area contributed by atoms with E-state index in [9.17, 15) is 0 Å². The molecule has 1 atom stereocenters.